The van der Waals surface area contributed by atoms with E-state index in [0.717, 1.165) is 19.4 Å². The number of primary amides is 1. The Morgan fingerprint density at radius 2 is 2.33 bits per heavy atom. The Morgan fingerprint density at radius 3 is 2.67 bits per heavy atom. The predicted octanol–water partition coefficient (Wildman–Crippen LogP) is 1.04. The first-order chi connectivity index (χ1) is 8.13. The number of carbonyl (C=O) groups is 1. The molecule has 5 nitrogen and oxygen atoms in total. The summed E-state index contributed by atoms with van der Waals surface area (Å²) in [6.07, 6.45) is 1.99. The molecule has 2 rings (SSSR count). The number of halogens is 1. The highest BCUT2D eigenvalue weighted by atomic mass is 32.2. The maximum atomic E-state index is 12.2. The molecule has 1 atom stereocenters. The lowest BCUT2D eigenvalue weighted by Gasteiger charge is -2.01. The first-order valence-electron chi connectivity index (χ1n) is 5.23. The zero-order valence-corrected chi connectivity index (χ0v) is 10.5. The van der Waals surface area contributed by atoms with E-state index >= 15 is 0 Å². The van der Waals surface area contributed by atoms with Gasteiger partial charge in [0.15, 0.2) is 0 Å². The van der Waals surface area contributed by atoms with E-state index < -0.39 is 0 Å². The van der Waals surface area contributed by atoms with Crippen molar-refractivity contribution in [1.29, 1.82) is 0 Å². The van der Waals surface area contributed by atoms with Crippen molar-refractivity contribution in [2.24, 2.45) is 5.73 Å². The van der Waals surface area contributed by atoms with Gasteiger partial charge in [0.25, 0.3) is 0 Å². The van der Waals surface area contributed by atoms with Crippen molar-refractivity contribution in [1.82, 2.24) is 5.32 Å². The molecule has 7 heteroatoms. The molecule has 0 aliphatic carbocycles. The SMILES string of the molecule is NC(=O)[C@H]1CCCN1.O.OSc1cccc(F)c1.[HH]. The monoisotopic (exact) mass is 278 g/mol. The zero-order valence-electron chi connectivity index (χ0n) is 9.73. The molecular weight excluding hydrogens is 259 g/mol. The average molecular weight is 278 g/mol. The summed E-state index contributed by atoms with van der Waals surface area (Å²) >= 11 is 0.543. The van der Waals surface area contributed by atoms with Gasteiger partial charge < -0.3 is 21.1 Å². The fourth-order valence-electron chi connectivity index (χ4n) is 1.45. The standard InChI is InChI=1S/C6H5FOS.C5H10N2O.H2O.H2/c7-5-2-1-3-6(4-5)9-8;6-5(8)4-2-1-3-7-4;;/h1-4,8H;4,7H,1-3H2,(H2,6,8);1H2;1H/t;4-;;/m.1../s1. The summed E-state index contributed by atoms with van der Waals surface area (Å²) in [7, 11) is 0. The third-order valence-electron chi connectivity index (χ3n) is 2.31. The minimum Gasteiger partial charge on any atom is -0.412 e. The van der Waals surface area contributed by atoms with Crippen molar-refractivity contribution in [3.63, 3.8) is 0 Å². The number of benzene rings is 1. The van der Waals surface area contributed by atoms with Crippen LogP contribution in [0.3, 0.4) is 0 Å². The predicted molar refractivity (Wildman–Crippen MR) is 70.8 cm³/mol. The Hall–Kier alpha value is -1.15. The number of hydrogen-bond donors (Lipinski definition) is 3. The summed E-state index contributed by atoms with van der Waals surface area (Å²) in [6.45, 7) is 0.938. The van der Waals surface area contributed by atoms with Crippen LogP contribution in [0.5, 0.6) is 0 Å². The summed E-state index contributed by atoms with van der Waals surface area (Å²) in [6, 6.07) is 5.74. The van der Waals surface area contributed by atoms with E-state index in [2.05, 4.69) is 5.32 Å². The van der Waals surface area contributed by atoms with Crippen molar-refractivity contribution >= 4 is 17.9 Å². The Labute approximate surface area is 111 Å². The number of amides is 1. The van der Waals surface area contributed by atoms with Gasteiger partial charge in [-0.15, -0.1) is 0 Å². The number of carbonyl (C=O) groups excluding carboxylic acids is 1. The summed E-state index contributed by atoms with van der Waals surface area (Å²) in [4.78, 5) is 10.9. The van der Waals surface area contributed by atoms with Crippen LogP contribution in [0.2, 0.25) is 0 Å². The van der Waals surface area contributed by atoms with Gasteiger partial charge in [-0.1, -0.05) is 6.07 Å². The highest BCUT2D eigenvalue weighted by Gasteiger charge is 2.18. The normalized spacial score (nSPS) is 17.3. The molecule has 1 fully saturated rings. The zero-order chi connectivity index (χ0) is 12.7. The Morgan fingerprint density at radius 1 is 1.61 bits per heavy atom. The molecule has 0 radical (unpaired) electrons. The van der Waals surface area contributed by atoms with Gasteiger partial charge in [-0.25, -0.2) is 4.39 Å². The van der Waals surface area contributed by atoms with Crippen molar-refractivity contribution < 1.29 is 20.6 Å². The third-order valence-corrected chi connectivity index (χ3v) is 2.77. The van der Waals surface area contributed by atoms with Gasteiger partial charge in [0, 0.05) is 18.4 Å². The summed E-state index contributed by atoms with van der Waals surface area (Å²) < 4.78 is 20.6. The highest BCUT2D eigenvalue weighted by Crippen LogP contribution is 2.13. The van der Waals surface area contributed by atoms with Gasteiger partial charge in [0.05, 0.1) is 6.04 Å². The van der Waals surface area contributed by atoms with Crippen molar-refractivity contribution in [3.05, 3.63) is 30.1 Å². The maximum absolute atomic E-state index is 12.2. The van der Waals surface area contributed by atoms with Gasteiger partial charge in [0.2, 0.25) is 5.91 Å². The first kappa shape index (κ1) is 16.9. The molecule has 6 N–H and O–H groups in total. The molecular formula is C11H19FN2O3S. The number of rotatable bonds is 2. The fourth-order valence-corrected chi connectivity index (χ4v) is 1.76. The van der Waals surface area contributed by atoms with Crippen LogP contribution >= 0.6 is 12.0 Å². The number of nitrogens with two attached hydrogens (primary N) is 1. The van der Waals surface area contributed by atoms with Gasteiger partial charge >= 0.3 is 0 Å². The Balaban J connectivity index is 0. The molecule has 1 saturated heterocycles. The van der Waals surface area contributed by atoms with Gasteiger partial charge in [-0.3, -0.25) is 4.79 Å². The van der Waals surface area contributed by atoms with Gasteiger partial charge in [-0.05, 0) is 37.6 Å². The molecule has 0 spiro atoms. The van der Waals surface area contributed by atoms with E-state index in [1.807, 2.05) is 0 Å². The molecule has 0 unspecified atom stereocenters. The summed E-state index contributed by atoms with van der Waals surface area (Å²) in [5, 5.41) is 2.98. The lowest BCUT2D eigenvalue weighted by atomic mass is 10.2. The molecule has 0 saturated carbocycles. The molecule has 18 heavy (non-hydrogen) atoms. The van der Waals surface area contributed by atoms with Crippen molar-refractivity contribution in [2.45, 2.75) is 23.8 Å². The molecule has 1 aliphatic heterocycles. The van der Waals surface area contributed by atoms with E-state index in [0.29, 0.717) is 16.9 Å². The van der Waals surface area contributed by atoms with Crippen molar-refractivity contribution in [3.8, 4) is 0 Å². The Bertz CT molecular complexity index is 379. The van der Waals surface area contributed by atoms with Crippen LogP contribution < -0.4 is 11.1 Å². The van der Waals surface area contributed by atoms with E-state index in [9.17, 15) is 9.18 Å². The molecule has 1 aliphatic rings. The van der Waals surface area contributed by atoms with E-state index in [1.165, 1.54) is 12.1 Å². The minimum absolute atomic E-state index is 0. The second kappa shape index (κ2) is 8.87. The molecule has 104 valence electrons. The second-order valence-corrected chi connectivity index (χ2v) is 4.25. The first-order valence-corrected chi connectivity index (χ1v) is 6.00. The topological polar surface area (TPSA) is 107 Å². The quantitative estimate of drug-likeness (QED) is 0.702. The highest BCUT2D eigenvalue weighted by molar-refractivity contribution is 7.93. The van der Waals surface area contributed by atoms with Crippen LogP contribution in [0.4, 0.5) is 4.39 Å². The third kappa shape index (κ3) is 5.97. The van der Waals surface area contributed by atoms with E-state index in [1.54, 1.807) is 12.1 Å². The van der Waals surface area contributed by atoms with Gasteiger partial charge in [0.1, 0.15) is 5.82 Å². The summed E-state index contributed by atoms with van der Waals surface area (Å²) in [5.74, 6) is -0.545. The minimum atomic E-state index is -0.325. The van der Waals surface area contributed by atoms with E-state index in [-0.39, 0.29) is 24.7 Å². The Kier molecular flexibility index (Phi) is 8.30. The van der Waals surface area contributed by atoms with Crippen LogP contribution in [0.15, 0.2) is 29.2 Å². The van der Waals surface area contributed by atoms with Crippen molar-refractivity contribution in [2.75, 3.05) is 6.54 Å². The second-order valence-electron chi connectivity index (χ2n) is 3.60. The molecule has 1 amide bonds. The molecule has 1 aromatic carbocycles. The maximum Gasteiger partial charge on any atom is 0.234 e. The molecule has 1 aromatic rings. The van der Waals surface area contributed by atoms with Crippen LogP contribution in [0.25, 0.3) is 0 Å². The molecule has 0 aromatic heterocycles. The largest absolute Gasteiger partial charge is 0.412 e. The fraction of sp³-hybridized carbons (Fsp3) is 0.364. The lowest BCUT2D eigenvalue weighted by Crippen LogP contribution is -2.36. The van der Waals surface area contributed by atoms with Crippen LogP contribution in [0, 0.1) is 5.82 Å². The van der Waals surface area contributed by atoms with E-state index in [4.69, 9.17) is 10.3 Å². The van der Waals surface area contributed by atoms with Crippen LogP contribution in [-0.2, 0) is 4.79 Å². The van der Waals surface area contributed by atoms with Gasteiger partial charge in [-0.2, -0.15) is 0 Å². The van der Waals surface area contributed by atoms with Crippen LogP contribution in [0.1, 0.15) is 14.3 Å². The number of hydrogen-bond acceptors (Lipinski definition) is 4. The average Bonchev–Trinajstić information content (AvgIpc) is 2.83. The smallest absolute Gasteiger partial charge is 0.234 e. The summed E-state index contributed by atoms with van der Waals surface area (Å²) in [5.41, 5.74) is 5.00. The number of nitrogens with one attached hydrogen (secondary N) is 1. The van der Waals surface area contributed by atoms with Crippen LogP contribution in [-0.4, -0.2) is 28.5 Å². The lowest BCUT2D eigenvalue weighted by molar-refractivity contribution is -0.119. The molecule has 1 heterocycles. The molecule has 0 bridgehead atoms.